The van der Waals surface area contributed by atoms with Crippen molar-refractivity contribution in [3.8, 4) is 0 Å². The fourth-order valence-corrected chi connectivity index (χ4v) is 1.76. The van der Waals surface area contributed by atoms with Crippen LogP contribution >= 0.6 is 11.6 Å². The molecule has 0 spiro atoms. The Hall–Kier alpha value is -2.28. The summed E-state index contributed by atoms with van der Waals surface area (Å²) in [5, 5.41) is 11.8. The van der Waals surface area contributed by atoms with Gasteiger partial charge in [-0.15, -0.1) is 0 Å². The van der Waals surface area contributed by atoms with E-state index in [9.17, 15) is 14.4 Å². The standard InChI is InChI=1S/C15H18ClNO6/c1-8(2)14(20)22-9(3)23-15(21)17-7-10-4-5-11(16)6-12(10)13(18)19/h4-6,8-9H,7H2,1-3H3,(H,17,21)(H,18,19)/t9-/m1/s1. The van der Waals surface area contributed by atoms with Crippen LogP contribution in [-0.2, 0) is 20.8 Å². The van der Waals surface area contributed by atoms with Gasteiger partial charge in [0.1, 0.15) is 0 Å². The largest absolute Gasteiger partial charge is 0.478 e. The number of carbonyl (C=O) groups is 3. The molecule has 126 valence electrons. The van der Waals surface area contributed by atoms with Gasteiger partial charge >= 0.3 is 18.0 Å². The second-order valence-corrected chi connectivity index (χ2v) is 5.46. The number of carbonyl (C=O) groups excluding carboxylic acids is 2. The predicted molar refractivity (Wildman–Crippen MR) is 82.1 cm³/mol. The molecule has 0 aromatic heterocycles. The second-order valence-electron chi connectivity index (χ2n) is 5.02. The third kappa shape index (κ3) is 6.15. The van der Waals surface area contributed by atoms with E-state index in [4.69, 9.17) is 26.2 Å². The molecule has 0 saturated heterocycles. The third-order valence-corrected chi connectivity index (χ3v) is 2.99. The highest BCUT2D eigenvalue weighted by Crippen LogP contribution is 2.16. The molecule has 0 bridgehead atoms. The molecule has 8 heteroatoms. The van der Waals surface area contributed by atoms with E-state index in [0.717, 1.165) is 0 Å². The van der Waals surface area contributed by atoms with Crippen molar-refractivity contribution < 1.29 is 29.0 Å². The molecule has 0 saturated carbocycles. The number of amides is 1. The molecule has 1 amide bonds. The lowest BCUT2D eigenvalue weighted by Crippen LogP contribution is -2.31. The lowest BCUT2D eigenvalue weighted by atomic mass is 10.1. The summed E-state index contributed by atoms with van der Waals surface area (Å²) in [5.41, 5.74) is 0.350. The van der Waals surface area contributed by atoms with Crippen LogP contribution in [0.2, 0.25) is 5.02 Å². The van der Waals surface area contributed by atoms with Crippen molar-refractivity contribution >= 4 is 29.6 Å². The topological polar surface area (TPSA) is 102 Å². The Kier molecular flexibility index (Phi) is 6.84. The summed E-state index contributed by atoms with van der Waals surface area (Å²) in [5.74, 6) is -1.98. The zero-order chi connectivity index (χ0) is 17.6. The van der Waals surface area contributed by atoms with Crippen molar-refractivity contribution in [3.05, 3.63) is 34.3 Å². The van der Waals surface area contributed by atoms with E-state index in [2.05, 4.69) is 5.32 Å². The average molecular weight is 344 g/mol. The van der Waals surface area contributed by atoms with E-state index >= 15 is 0 Å². The van der Waals surface area contributed by atoms with E-state index in [0.29, 0.717) is 5.56 Å². The zero-order valence-electron chi connectivity index (χ0n) is 13.0. The predicted octanol–water partition coefficient (Wildman–Crippen LogP) is 2.81. The molecule has 1 aromatic rings. The summed E-state index contributed by atoms with van der Waals surface area (Å²) in [7, 11) is 0. The first-order chi connectivity index (χ1) is 10.7. The molecule has 1 rings (SSSR count). The van der Waals surface area contributed by atoms with Crippen LogP contribution in [0.25, 0.3) is 0 Å². The number of esters is 1. The minimum atomic E-state index is -1.16. The molecule has 0 aliphatic carbocycles. The molecule has 0 unspecified atom stereocenters. The monoisotopic (exact) mass is 343 g/mol. The molecule has 0 radical (unpaired) electrons. The number of hydrogen-bond donors (Lipinski definition) is 2. The Morgan fingerprint density at radius 2 is 1.87 bits per heavy atom. The summed E-state index contributed by atoms with van der Waals surface area (Å²) >= 11 is 5.74. The first-order valence-electron chi connectivity index (χ1n) is 6.87. The maximum absolute atomic E-state index is 11.6. The maximum Gasteiger partial charge on any atom is 0.410 e. The van der Waals surface area contributed by atoms with Crippen LogP contribution in [0.1, 0.15) is 36.7 Å². The highest BCUT2D eigenvalue weighted by Gasteiger charge is 2.17. The van der Waals surface area contributed by atoms with Gasteiger partial charge in [-0.1, -0.05) is 31.5 Å². The lowest BCUT2D eigenvalue weighted by Gasteiger charge is -2.16. The summed E-state index contributed by atoms with van der Waals surface area (Å²) < 4.78 is 9.73. The van der Waals surface area contributed by atoms with Gasteiger partial charge in [0.05, 0.1) is 11.5 Å². The van der Waals surface area contributed by atoms with Crippen molar-refractivity contribution in [2.75, 3.05) is 0 Å². The first-order valence-corrected chi connectivity index (χ1v) is 7.25. The molecular weight excluding hydrogens is 326 g/mol. The van der Waals surface area contributed by atoms with Crippen LogP contribution in [0.4, 0.5) is 4.79 Å². The number of aromatic carboxylic acids is 1. The van der Waals surface area contributed by atoms with Gasteiger partial charge in [0.15, 0.2) is 0 Å². The summed E-state index contributed by atoms with van der Waals surface area (Å²) in [6.07, 6.45) is -1.88. The summed E-state index contributed by atoms with van der Waals surface area (Å²) in [6.45, 7) is 4.65. The number of benzene rings is 1. The fraction of sp³-hybridized carbons (Fsp3) is 0.400. The van der Waals surface area contributed by atoms with Gasteiger partial charge in [-0.25, -0.2) is 9.59 Å². The molecular formula is C15H18ClNO6. The van der Waals surface area contributed by atoms with Crippen molar-refractivity contribution in [2.45, 2.75) is 33.6 Å². The Morgan fingerprint density at radius 3 is 2.43 bits per heavy atom. The molecule has 0 heterocycles. The van der Waals surface area contributed by atoms with Gasteiger partial charge in [-0.3, -0.25) is 4.79 Å². The van der Waals surface area contributed by atoms with E-state index in [1.807, 2.05) is 0 Å². The van der Waals surface area contributed by atoms with Gasteiger partial charge < -0.3 is 19.9 Å². The fourth-order valence-electron chi connectivity index (χ4n) is 1.59. The summed E-state index contributed by atoms with van der Waals surface area (Å²) in [4.78, 5) is 34.1. The van der Waals surface area contributed by atoms with Crippen LogP contribution in [0.5, 0.6) is 0 Å². The SMILES string of the molecule is CC(C)C(=O)O[C@@H](C)OC(=O)NCc1ccc(Cl)cc1C(=O)O. The number of halogens is 1. The Morgan fingerprint density at radius 1 is 1.22 bits per heavy atom. The number of carboxylic acid groups (broad SMARTS) is 1. The molecule has 0 fully saturated rings. The number of carboxylic acids is 1. The smallest absolute Gasteiger partial charge is 0.410 e. The van der Waals surface area contributed by atoms with Gasteiger partial charge in [-0.05, 0) is 17.7 Å². The minimum Gasteiger partial charge on any atom is -0.478 e. The summed E-state index contributed by atoms with van der Waals surface area (Å²) in [6, 6.07) is 4.30. The van der Waals surface area contributed by atoms with Crippen molar-refractivity contribution in [1.29, 1.82) is 0 Å². The Balaban J connectivity index is 2.57. The third-order valence-electron chi connectivity index (χ3n) is 2.75. The normalized spacial score (nSPS) is 11.7. The van der Waals surface area contributed by atoms with Gasteiger partial charge in [0.25, 0.3) is 0 Å². The maximum atomic E-state index is 11.6. The Bertz CT molecular complexity index is 602. The number of ether oxygens (including phenoxy) is 2. The van der Waals surface area contributed by atoms with Crippen LogP contribution in [0.3, 0.4) is 0 Å². The van der Waals surface area contributed by atoms with Crippen LogP contribution < -0.4 is 5.32 Å². The van der Waals surface area contributed by atoms with Gasteiger partial charge in [0, 0.05) is 18.5 Å². The minimum absolute atomic E-state index is 0.0166. The molecule has 1 atom stereocenters. The van der Waals surface area contributed by atoms with E-state index in [-0.39, 0.29) is 23.0 Å². The molecule has 2 N–H and O–H groups in total. The van der Waals surface area contributed by atoms with E-state index < -0.39 is 24.3 Å². The van der Waals surface area contributed by atoms with Gasteiger partial charge in [0.2, 0.25) is 6.29 Å². The molecule has 1 aromatic carbocycles. The lowest BCUT2D eigenvalue weighted by molar-refractivity contribution is -0.168. The second kappa shape index (κ2) is 8.38. The van der Waals surface area contributed by atoms with Crippen molar-refractivity contribution in [3.63, 3.8) is 0 Å². The highest BCUT2D eigenvalue weighted by atomic mass is 35.5. The zero-order valence-corrected chi connectivity index (χ0v) is 13.7. The highest BCUT2D eigenvalue weighted by molar-refractivity contribution is 6.30. The average Bonchev–Trinajstić information content (AvgIpc) is 2.45. The Labute approximate surface area is 138 Å². The van der Waals surface area contributed by atoms with Crippen molar-refractivity contribution in [1.82, 2.24) is 5.32 Å². The van der Waals surface area contributed by atoms with Crippen LogP contribution in [0, 0.1) is 5.92 Å². The number of rotatable bonds is 6. The molecule has 7 nitrogen and oxygen atoms in total. The quantitative estimate of drug-likeness (QED) is 0.608. The van der Waals surface area contributed by atoms with E-state index in [1.165, 1.54) is 25.1 Å². The van der Waals surface area contributed by atoms with Crippen molar-refractivity contribution in [2.24, 2.45) is 5.92 Å². The van der Waals surface area contributed by atoms with E-state index in [1.54, 1.807) is 13.8 Å². The first kappa shape index (κ1) is 18.8. The van der Waals surface area contributed by atoms with Crippen LogP contribution in [0.15, 0.2) is 18.2 Å². The van der Waals surface area contributed by atoms with Crippen LogP contribution in [-0.4, -0.2) is 29.4 Å². The number of hydrogen-bond acceptors (Lipinski definition) is 5. The number of alkyl carbamates (subject to hydrolysis) is 1. The number of nitrogens with one attached hydrogen (secondary N) is 1. The molecule has 0 aliphatic rings. The molecule has 23 heavy (non-hydrogen) atoms. The van der Waals surface area contributed by atoms with Gasteiger partial charge in [-0.2, -0.15) is 0 Å². The molecule has 0 aliphatic heterocycles.